The summed E-state index contributed by atoms with van der Waals surface area (Å²) in [5, 5.41) is 14.8. The number of allylic oxidation sites excluding steroid dienone is 1. The van der Waals surface area contributed by atoms with E-state index in [-0.39, 0.29) is 42.6 Å². The smallest absolute Gasteiger partial charge is 0.408 e. The summed E-state index contributed by atoms with van der Waals surface area (Å²) in [7, 11) is -2.62. The number of methoxy groups -OCH3 is 1. The molecule has 0 unspecified atom stereocenters. The number of aromatic nitrogens is 1. The molecule has 2 aliphatic heterocycles. The van der Waals surface area contributed by atoms with Crippen molar-refractivity contribution < 1.29 is 51.0 Å². The number of benzene rings is 1. The molecule has 7 atom stereocenters. The van der Waals surface area contributed by atoms with Crippen LogP contribution >= 0.6 is 11.6 Å². The van der Waals surface area contributed by atoms with E-state index in [1.165, 1.54) is 20.2 Å². The molecule has 14 nitrogen and oxygen atoms in total. The van der Waals surface area contributed by atoms with Crippen molar-refractivity contribution >= 4 is 56.2 Å². The van der Waals surface area contributed by atoms with Gasteiger partial charge in [0.15, 0.2) is 0 Å². The van der Waals surface area contributed by atoms with E-state index in [0.29, 0.717) is 53.5 Å². The van der Waals surface area contributed by atoms with E-state index in [2.05, 4.69) is 15.0 Å². The number of alkyl halides is 2. The van der Waals surface area contributed by atoms with Crippen molar-refractivity contribution in [1.29, 1.82) is 0 Å². The monoisotopic (exact) mass is 851 g/mol. The number of nitrogens with one attached hydrogen (secondary N) is 2. The number of sulfonamides is 1. The van der Waals surface area contributed by atoms with Crippen molar-refractivity contribution in [2.24, 2.45) is 17.8 Å². The molecule has 3 fully saturated rings. The van der Waals surface area contributed by atoms with Gasteiger partial charge in [0, 0.05) is 23.9 Å². The van der Waals surface area contributed by atoms with Crippen molar-refractivity contribution in [3.63, 3.8) is 0 Å². The first-order valence-electron chi connectivity index (χ1n) is 19.6. The number of amides is 4. The van der Waals surface area contributed by atoms with Gasteiger partial charge in [-0.3, -0.25) is 24.0 Å². The molecule has 1 aromatic carbocycles. The van der Waals surface area contributed by atoms with E-state index in [4.69, 9.17) is 21.1 Å². The zero-order chi connectivity index (χ0) is 42.5. The minimum absolute atomic E-state index is 0.0868. The van der Waals surface area contributed by atoms with E-state index < -0.39 is 86.1 Å². The van der Waals surface area contributed by atoms with Crippen LogP contribution in [0.3, 0.4) is 0 Å². The molecule has 2 aliphatic carbocycles. The predicted octanol–water partition coefficient (Wildman–Crippen LogP) is 5.91. The molecule has 0 radical (unpaired) electrons. The number of ether oxygens (including phenoxy) is 2. The largest absolute Gasteiger partial charge is 0.495 e. The Hall–Kier alpha value is -4.25. The highest BCUT2D eigenvalue weighted by Crippen LogP contribution is 2.48. The number of rotatable bonds is 10. The molecule has 2 aromatic rings. The second-order valence-corrected chi connectivity index (χ2v) is 19.6. The Labute approximate surface area is 342 Å². The van der Waals surface area contributed by atoms with Crippen LogP contribution in [0.2, 0.25) is 5.02 Å². The van der Waals surface area contributed by atoms with E-state index in [1.807, 2.05) is 13.0 Å². The molecule has 1 saturated heterocycles. The summed E-state index contributed by atoms with van der Waals surface area (Å²) in [5.41, 5.74) is -3.99. The fraction of sp³-hybridized carbons (Fsp3) is 0.625. The number of carbonyl (C=O) groups excluding carboxylic acids is 3. The Balaban J connectivity index is 1.43. The van der Waals surface area contributed by atoms with Crippen LogP contribution in [0, 0.1) is 17.8 Å². The molecule has 6 rings (SSSR count). The molecule has 18 heteroatoms. The SMILES string of the molecule is CC[C@@H]1C[C@H](C)CC/C=C\[C@@H]2C[C@@]2(C(=O)NS(=O)(=O)C2(C)CC2)NC(=O)[C@@H]2C[C@@H](Oc3nccc4cc(OC)c(Cl)cc34)CN2C(=O)[C@H]1N(C(=O)O)C(C)(C)C(F)F. The standard InChI is InChI=1S/C40H52ClF2N5O9S/c1-7-23-16-22(2)10-8-9-11-25-20-40(25,36(51)46-58(54,55)39(5)13-14-39)45-32(49)29-18-26(57-33-27-19-28(41)30(56-6)17-24(27)12-15-44-33)21-47(29)34(50)31(23)48(37(52)53)38(3,4)35(42)43/h9,11-12,15,17,19,22-23,25-26,29,31,35H,7-8,10,13-14,16,18,20-21H2,1-6H3,(H,45,49)(H,46,51)(H,52,53)/b11-9-/t22-,23-,25-,26-,29+,31+,40-/m1/s1. The van der Waals surface area contributed by atoms with Crippen molar-refractivity contribution in [3.05, 3.63) is 41.6 Å². The molecule has 58 heavy (non-hydrogen) atoms. The third kappa shape index (κ3) is 8.17. The maximum atomic E-state index is 15.2. The number of halogens is 3. The summed E-state index contributed by atoms with van der Waals surface area (Å²) in [6.45, 7) is 7.08. The Morgan fingerprint density at radius 2 is 1.93 bits per heavy atom. The zero-order valence-electron chi connectivity index (χ0n) is 33.5. The number of pyridine rings is 1. The first-order chi connectivity index (χ1) is 27.2. The van der Waals surface area contributed by atoms with Crippen LogP contribution < -0.4 is 19.5 Å². The second-order valence-electron chi connectivity index (χ2n) is 17.0. The zero-order valence-corrected chi connectivity index (χ0v) is 35.0. The van der Waals surface area contributed by atoms with Gasteiger partial charge >= 0.3 is 6.09 Å². The number of carbonyl (C=O) groups is 4. The topological polar surface area (TPSA) is 185 Å². The summed E-state index contributed by atoms with van der Waals surface area (Å²) >= 11 is 6.45. The molecule has 4 aliphatic rings. The molecule has 1 aromatic heterocycles. The first kappa shape index (κ1) is 43.3. The number of fused-ring (bicyclic) bond motifs is 3. The van der Waals surface area contributed by atoms with Crippen molar-refractivity contribution in [2.45, 2.75) is 126 Å². The quantitative estimate of drug-likeness (QED) is 0.243. The number of hydrogen-bond acceptors (Lipinski definition) is 9. The Morgan fingerprint density at radius 1 is 1.22 bits per heavy atom. The van der Waals surface area contributed by atoms with Crippen LogP contribution in [0.1, 0.15) is 86.0 Å². The molecule has 4 amide bonds. The maximum absolute atomic E-state index is 15.2. The van der Waals surface area contributed by atoms with Crippen LogP contribution in [0.4, 0.5) is 13.6 Å². The highest BCUT2D eigenvalue weighted by Gasteiger charge is 2.63. The lowest BCUT2D eigenvalue weighted by molar-refractivity contribution is -0.149. The summed E-state index contributed by atoms with van der Waals surface area (Å²) in [5.74, 6) is -3.46. The van der Waals surface area contributed by atoms with Gasteiger partial charge in [-0.1, -0.05) is 44.0 Å². The molecule has 2 saturated carbocycles. The van der Waals surface area contributed by atoms with Gasteiger partial charge in [-0.15, -0.1) is 0 Å². The maximum Gasteiger partial charge on any atom is 0.408 e. The Bertz CT molecular complexity index is 2100. The summed E-state index contributed by atoms with van der Waals surface area (Å²) in [4.78, 5) is 62.9. The third-order valence-corrected chi connectivity index (χ3v) is 14.9. The van der Waals surface area contributed by atoms with Crippen LogP contribution in [-0.2, 0) is 24.4 Å². The van der Waals surface area contributed by atoms with E-state index in [0.717, 1.165) is 18.7 Å². The number of carboxylic acid groups (broad SMARTS) is 1. The highest BCUT2D eigenvalue weighted by molar-refractivity contribution is 7.91. The van der Waals surface area contributed by atoms with Crippen LogP contribution in [0.15, 0.2) is 36.5 Å². The highest BCUT2D eigenvalue weighted by atomic mass is 35.5. The normalized spacial score (nSPS) is 29.3. The summed E-state index contributed by atoms with van der Waals surface area (Å²) in [6, 6.07) is 1.98. The molecule has 318 valence electrons. The predicted molar refractivity (Wildman–Crippen MR) is 211 cm³/mol. The van der Waals surface area contributed by atoms with Gasteiger partial charge in [0.05, 0.1) is 23.4 Å². The molecule has 0 spiro atoms. The van der Waals surface area contributed by atoms with Gasteiger partial charge in [0.2, 0.25) is 27.7 Å². The Kier molecular flexibility index (Phi) is 12.0. The second kappa shape index (κ2) is 16.1. The number of nitrogens with zero attached hydrogens (tertiary/aromatic N) is 3. The minimum Gasteiger partial charge on any atom is -0.495 e. The van der Waals surface area contributed by atoms with E-state index in [9.17, 15) is 36.7 Å². The van der Waals surface area contributed by atoms with E-state index in [1.54, 1.807) is 31.2 Å². The van der Waals surface area contributed by atoms with Gasteiger partial charge in [-0.05, 0) is 94.7 Å². The van der Waals surface area contributed by atoms with Crippen LogP contribution in [0.25, 0.3) is 10.8 Å². The minimum atomic E-state index is -4.09. The molecule has 3 N–H and O–H groups in total. The van der Waals surface area contributed by atoms with Gasteiger partial charge in [0.1, 0.15) is 35.0 Å². The molecule has 3 heterocycles. The molecule has 0 bridgehead atoms. The van der Waals surface area contributed by atoms with Crippen molar-refractivity contribution in [1.82, 2.24) is 24.8 Å². The average Bonchev–Trinajstić information content (AvgIpc) is 4.04. The molecular formula is C40H52ClF2N5O9S. The van der Waals surface area contributed by atoms with Gasteiger partial charge in [-0.25, -0.2) is 27.0 Å². The van der Waals surface area contributed by atoms with Crippen LogP contribution in [0.5, 0.6) is 11.6 Å². The first-order valence-corrected chi connectivity index (χ1v) is 21.5. The fourth-order valence-electron chi connectivity index (χ4n) is 8.31. The number of hydrogen-bond donors (Lipinski definition) is 3. The van der Waals surface area contributed by atoms with Crippen molar-refractivity contribution in [2.75, 3.05) is 13.7 Å². The summed E-state index contributed by atoms with van der Waals surface area (Å²) in [6.07, 6.45) is 1.64. The van der Waals surface area contributed by atoms with Gasteiger partial charge < -0.3 is 24.8 Å². The average molecular weight is 852 g/mol. The van der Waals surface area contributed by atoms with Gasteiger partial charge in [-0.2, -0.15) is 0 Å². The lowest BCUT2D eigenvalue weighted by Crippen LogP contribution is -2.65. The third-order valence-electron chi connectivity index (χ3n) is 12.5. The van der Waals surface area contributed by atoms with E-state index >= 15 is 4.79 Å². The lowest BCUT2D eigenvalue weighted by Gasteiger charge is -2.45. The molecular weight excluding hydrogens is 800 g/mol. The van der Waals surface area contributed by atoms with Gasteiger partial charge in [0.25, 0.3) is 12.3 Å². The van der Waals surface area contributed by atoms with Crippen molar-refractivity contribution in [3.8, 4) is 11.6 Å². The van der Waals surface area contributed by atoms with Crippen LogP contribution in [-0.4, -0.2) is 106 Å². The lowest BCUT2D eigenvalue weighted by atomic mass is 9.82. The fourth-order valence-corrected chi connectivity index (χ4v) is 9.87. The Morgan fingerprint density at radius 3 is 2.55 bits per heavy atom. The summed E-state index contributed by atoms with van der Waals surface area (Å²) < 4.78 is 68.8.